The SMILES string of the molecule is Cc1c(C)n(Cc2ccccc2)c2ccc(C(=O)NCc3ccn(C)n3)cc12. The predicted molar refractivity (Wildman–Crippen MR) is 111 cm³/mol. The lowest BCUT2D eigenvalue weighted by Gasteiger charge is -2.09. The Hall–Kier alpha value is -3.34. The van der Waals surface area contributed by atoms with Gasteiger partial charge >= 0.3 is 0 Å². The van der Waals surface area contributed by atoms with E-state index in [1.165, 1.54) is 16.8 Å². The summed E-state index contributed by atoms with van der Waals surface area (Å²) in [7, 11) is 1.87. The quantitative estimate of drug-likeness (QED) is 0.576. The molecule has 0 aliphatic carbocycles. The second-order valence-corrected chi connectivity index (χ2v) is 7.18. The van der Waals surface area contributed by atoms with Gasteiger partial charge in [0.05, 0.1) is 12.2 Å². The van der Waals surface area contributed by atoms with Crippen LogP contribution in [0.1, 0.15) is 32.9 Å². The number of benzene rings is 2. The number of hydrogen-bond acceptors (Lipinski definition) is 2. The average Bonchev–Trinajstić information content (AvgIpc) is 3.23. The number of carbonyl (C=O) groups excluding carboxylic acids is 1. The maximum atomic E-state index is 12.6. The third kappa shape index (κ3) is 3.43. The number of carbonyl (C=O) groups is 1. The molecule has 0 fully saturated rings. The van der Waals surface area contributed by atoms with Gasteiger partial charge in [0, 0.05) is 41.9 Å². The summed E-state index contributed by atoms with van der Waals surface area (Å²) in [6.07, 6.45) is 1.87. The van der Waals surface area contributed by atoms with Gasteiger partial charge in [-0.1, -0.05) is 30.3 Å². The molecule has 4 aromatic rings. The molecule has 2 aromatic carbocycles. The lowest BCUT2D eigenvalue weighted by atomic mass is 10.1. The summed E-state index contributed by atoms with van der Waals surface area (Å²) in [5.41, 5.74) is 6.37. The fraction of sp³-hybridized carbons (Fsp3) is 0.217. The summed E-state index contributed by atoms with van der Waals surface area (Å²) >= 11 is 0. The molecule has 0 spiro atoms. The molecule has 0 radical (unpaired) electrons. The van der Waals surface area contributed by atoms with Crippen molar-refractivity contribution in [1.29, 1.82) is 0 Å². The van der Waals surface area contributed by atoms with Crippen LogP contribution in [-0.4, -0.2) is 20.3 Å². The van der Waals surface area contributed by atoms with E-state index < -0.39 is 0 Å². The number of aryl methyl sites for hydroxylation is 2. The van der Waals surface area contributed by atoms with Gasteiger partial charge in [0.1, 0.15) is 0 Å². The number of nitrogens with zero attached hydrogens (tertiary/aromatic N) is 3. The molecule has 142 valence electrons. The molecule has 0 atom stereocenters. The molecule has 0 saturated carbocycles. The van der Waals surface area contributed by atoms with Crippen molar-refractivity contribution in [2.75, 3.05) is 0 Å². The fourth-order valence-corrected chi connectivity index (χ4v) is 3.59. The van der Waals surface area contributed by atoms with Crippen LogP contribution in [0, 0.1) is 13.8 Å². The molecule has 0 bridgehead atoms. The minimum atomic E-state index is -0.0829. The summed E-state index contributed by atoms with van der Waals surface area (Å²) in [4.78, 5) is 12.6. The van der Waals surface area contributed by atoms with Gasteiger partial charge in [-0.2, -0.15) is 5.10 Å². The smallest absolute Gasteiger partial charge is 0.251 e. The van der Waals surface area contributed by atoms with Crippen molar-refractivity contribution in [1.82, 2.24) is 19.7 Å². The maximum absolute atomic E-state index is 12.6. The summed E-state index contributed by atoms with van der Waals surface area (Å²) in [5, 5.41) is 8.37. The third-order valence-corrected chi connectivity index (χ3v) is 5.28. The number of fused-ring (bicyclic) bond motifs is 1. The van der Waals surface area contributed by atoms with Gasteiger partial charge in [0.25, 0.3) is 5.91 Å². The van der Waals surface area contributed by atoms with Gasteiger partial charge in [-0.25, -0.2) is 0 Å². The van der Waals surface area contributed by atoms with Crippen LogP contribution in [0.25, 0.3) is 10.9 Å². The summed E-state index contributed by atoms with van der Waals surface area (Å²) in [6, 6.07) is 18.3. The summed E-state index contributed by atoms with van der Waals surface area (Å²) in [5.74, 6) is -0.0829. The minimum Gasteiger partial charge on any atom is -0.346 e. The molecule has 4 rings (SSSR count). The van der Waals surface area contributed by atoms with Gasteiger partial charge in [-0.15, -0.1) is 0 Å². The predicted octanol–water partition coefficient (Wildman–Crippen LogP) is 3.97. The molecule has 0 saturated heterocycles. The minimum absolute atomic E-state index is 0.0829. The Labute approximate surface area is 164 Å². The number of rotatable bonds is 5. The highest BCUT2D eigenvalue weighted by molar-refractivity contribution is 5.99. The van der Waals surface area contributed by atoms with Gasteiger partial charge in [0.15, 0.2) is 0 Å². The second-order valence-electron chi connectivity index (χ2n) is 7.18. The number of aromatic nitrogens is 3. The Balaban J connectivity index is 1.60. The van der Waals surface area contributed by atoms with Crippen molar-refractivity contribution in [3.05, 3.63) is 88.9 Å². The van der Waals surface area contributed by atoms with Crippen molar-refractivity contribution >= 4 is 16.8 Å². The molecule has 1 N–H and O–H groups in total. The second kappa shape index (κ2) is 7.35. The lowest BCUT2D eigenvalue weighted by molar-refractivity contribution is 0.0950. The average molecular weight is 372 g/mol. The van der Waals surface area contributed by atoms with Gasteiger partial charge in [-0.05, 0) is 49.2 Å². The van der Waals surface area contributed by atoms with Crippen molar-refractivity contribution in [2.24, 2.45) is 7.05 Å². The maximum Gasteiger partial charge on any atom is 0.251 e. The van der Waals surface area contributed by atoms with E-state index >= 15 is 0 Å². The number of hydrogen-bond donors (Lipinski definition) is 1. The Morgan fingerprint density at radius 1 is 1.07 bits per heavy atom. The largest absolute Gasteiger partial charge is 0.346 e. The van der Waals surface area contributed by atoms with Crippen LogP contribution in [0.2, 0.25) is 0 Å². The molecular weight excluding hydrogens is 348 g/mol. The standard InChI is InChI=1S/C23H24N4O/c1-16-17(2)27(15-18-7-5-4-6-8-18)22-10-9-19(13-21(16)22)23(28)24-14-20-11-12-26(3)25-20/h4-13H,14-15H2,1-3H3,(H,24,28). The van der Waals surface area contributed by atoms with Crippen LogP contribution in [0.15, 0.2) is 60.8 Å². The highest BCUT2D eigenvalue weighted by Gasteiger charge is 2.14. The van der Waals surface area contributed by atoms with Gasteiger partial charge in [0.2, 0.25) is 0 Å². The molecule has 0 aliphatic heterocycles. The normalized spacial score (nSPS) is 11.1. The molecule has 5 heteroatoms. The van der Waals surface area contributed by atoms with Crippen molar-refractivity contribution < 1.29 is 4.79 Å². The van der Waals surface area contributed by atoms with E-state index in [1.807, 2.05) is 43.6 Å². The van der Waals surface area contributed by atoms with Gasteiger partial charge in [-0.3, -0.25) is 9.48 Å². The first-order chi connectivity index (χ1) is 13.5. The molecule has 0 unspecified atom stereocenters. The van der Waals surface area contributed by atoms with E-state index in [0.29, 0.717) is 12.1 Å². The zero-order valence-corrected chi connectivity index (χ0v) is 16.4. The van der Waals surface area contributed by atoms with Crippen LogP contribution in [0.5, 0.6) is 0 Å². The van der Waals surface area contributed by atoms with E-state index in [1.54, 1.807) is 4.68 Å². The molecule has 28 heavy (non-hydrogen) atoms. The van der Waals surface area contributed by atoms with Crippen molar-refractivity contribution in [2.45, 2.75) is 26.9 Å². The molecule has 0 aliphatic rings. The lowest BCUT2D eigenvalue weighted by Crippen LogP contribution is -2.23. The monoisotopic (exact) mass is 372 g/mol. The van der Waals surface area contributed by atoms with E-state index in [0.717, 1.165) is 23.1 Å². The molecule has 5 nitrogen and oxygen atoms in total. The third-order valence-electron chi connectivity index (χ3n) is 5.28. The Morgan fingerprint density at radius 2 is 1.86 bits per heavy atom. The van der Waals surface area contributed by atoms with E-state index in [-0.39, 0.29) is 5.91 Å². The van der Waals surface area contributed by atoms with E-state index in [2.05, 4.69) is 53.1 Å². The van der Waals surface area contributed by atoms with E-state index in [9.17, 15) is 4.79 Å². The van der Waals surface area contributed by atoms with E-state index in [4.69, 9.17) is 0 Å². The molecule has 1 amide bonds. The zero-order valence-electron chi connectivity index (χ0n) is 16.4. The van der Waals surface area contributed by atoms with Gasteiger partial charge < -0.3 is 9.88 Å². The van der Waals surface area contributed by atoms with Crippen LogP contribution in [0.3, 0.4) is 0 Å². The van der Waals surface area contributed by atoms with Crippen molar-refractivity contribution in [3.63, 3.8) is 0 Å². The topological polar surface area (TPSA) is 51.9 Å². The van der Waals surface area contributed by atoms with Crippen LogP contribution < -0.4 is 5.32 Å². The van der Waals surface area contributed by atoms with Crippen molar-refractivity contribution in [3.8, 4) is 0 Å². The Kier molecular flexibility index (Phi) is 4.74. The number of amides is 1. The highest BCUT2D eigenvalue weighted by Crippen LogP contribution is 2.27. The first-order valence-electron chi connectivity index (χ1n) is 9.43. The zero-order chi connectivity index (χ0) is 19.7. The first-order valence-corrected chi connectivity index (χ1v) is 9.43. The molecular formula is C23H24N4O. The highest BCUT2D eigenvalue weighted by atomic mass is 16.1. The molecule has 2 aromatic heterocycles. The fourth-order valence-electron chi connectivity index (χ4n) is 3.59. The molecule has 2 heterocycles. The Morgan fingerprint density at radius 3 is 2.57 bits per heavy atom. The van der Waals surface area contributed by atoms with Crippen LogP contribution in [-0.2, 0) is 20.1 Å². The van der Waals surface area contributed by atoms with Crippen LogP contribution in [0.4, 0.5) is 0 Å². The van der Waals surface area contributed by atoms with Crippen LogP contribution >= 0.6 is 0 Å². The Bertz CT molecular complexity index is 1140. The first kappa shape index (κ1) is 18.0. The summed E-state index contributed by atoms with van der Waals surface area (Å²) < 4.78 is 4.05. The number of nitrogens with one attached hydrogen (secondary N) is 1. The summed E-state index contributed by atoms with van der Waals surface area (Å²) in [6.45, 7) is 5.50.